The molecule has 6 nitrogen and oxygen atoms in total. The molecular weight excluding hydrogens is 456 g/mol. The number of hydrazone groups is 1. The first-order chi connectivity index (χ1) is 17.1. The van der Waals surface area contributed by atoms with E-state index in [1.54, 1.807) is 5.01 Å². The summed E-state index contributed by atoms with van der Waals surface area (Å²) in [6.45, 7) is 4.84. The maximum absolute atomic E-state index is 13.4. The Bertz CT molecular complexity index is 1380. The number of para-hydroxylation sites is 2. The number of carbonyl (C=O) groups is 1. The fourth-order valence-electron chi connectivity index (χ4n) is 4.08. The number of amidine groups is 1. The Morgan fingerprint density at radius 1 is 1.03 bits per heavy atom. The normalized spacial score (nSPS) is 16.6. The maximum Gasteiger partial charge on any atom is 0.276 e. The monoisotopic (exact) mass is 484 g/mol. The number of benzene rings is 3. The summed E-state index contributed by atoms with van der Waals surface area (Å²) in [5.74, 6) is 1.30. The van der Waals surface area contributed by atoms with Crippen LogP contribution in [0.5, 0.6) is 5.75 Å². The van der Waals surface area contributed by atoms with Gasteiger partial charge in [0.15, 0.2) is 11.3 Å². The van der Waals surface area contributed by atoms with Gasteiger partial charge < -0.3 is 4.74 Å². The molecule has 3 aromatic rings. The smallest absolute Gasteiger partial charge is 0.276 e. The van der Waals surface area contributed by atoms with E-state index in [9.17, 15) is 4.79 Å². The SMILES string of the molecule is CCCCOc1ccccc1C1N=c2ccccc2=C2C(=O)NC(SCc3ccc(C)cc3)=NN21. The van der Waals surface area contributed by atoms with Gasteiger partial charge in [-0.2, -0.15) is 0 Å². The Labute approximate surface area is 209 Å². The second-order valence-electron chi connectivity index (χ2n) is 8.59. The minimum absolute atomic E-state index is 0.178. The average Bonchev–Trinajstić information content (AvgIpc) is 2.88. The number of aryl methyl sites for hydroxylation is 1. The van der Waals surface area contributed by atoms with Crippen LogP contribution in [0.3, 0.4) is 0 Å². The fourth-order valence-corrected chi connectivity index (χ4v) is 4.89. The summed E-state index contributed by atoms with van der Waals surface area (Å²) in [5, 5.41) is 11.7. The third kappa shape index (κ3) is 4.95. The number of ether oxygens (including phenoxy) is 1. The van der Waals surface area contributed by atoms with Crippen LogP contribution < -0.4 is 20.6 Å². The van der Waals surface area contributed by atoms with E-state index in [1.807, 2.05) is 48.5 Å². The van der Waals surface area contributed by atoms with Gasteiger partial charge in [-0.15, -0.1) is 5.10 Å². The molecular formula is C28H28N4O2S. The zero-order valence-corrected chi connectivity index (χ0v) is 20.7. The summed E-state index contributed by atoms with van der Waals surface area (Å²) in [5.41, 5.74) is 3.78. The topological polar surface area (TPSA) is 66.3 Å². The van der Waals surface area contributed by atoms with Gasteiger partial charge in [0, 0.05) is 16.5 Å². The number of amides is 1. The van der Waals surface area contributed by atoms with Crippen molar-refractivity contribution in [3.05, 3.63) is 100 Å². The summed E-state index contributed by atoms with van der Waals surface area (Å²) in [6.07, 6.45) is 1.53. The van der Waals surface area contributed by atoms with Crippen molar-refractivity contribution in [1.82, 2.24) is 10.3 Å². The standard InChI is InChI=1S/C28H28N4O2S/c1-3-4-17-34-24-12-8-6-10-22(24)26-29-23-11-7-5-9-21(23)25-27(33)30-28(31-32(25)26)35-18-20-15-13-19(2)14-16-20/h5-16,26H,3-4,17-18H2,1-2H3,(H,30,31,33). The van der Waals surface area contributed by atoms with Gasteiger partial charge in [0.1, 0.15) is 11.4 Å². The van der Waals surface area contributed by atoms with Crippen molar-refractivity contribution in [1.29, 1.82) is 0 Å². The van der Waals surface area contributed by atoms with Gasteiger partial charge in [-0.25, -0.2) is 5.01 Å². The second kappa shape index (κ2) is 10.4. The highest BCUT2D eigenvalue weighted by atomic mass is 32.2. The van der Waals surface area contributed by atoms with Crippen molar-refractivity contribution in [2.24, 2.45) is 10.1 Å². The number of carbonyl (C=O) groups excluding carboxylic acids is 1. The quantitative estimate of drug-likeness (QED) is 0.509. The predicted molar refractivity (Wildman–Crippen MR) is 140 cm³/mol. The van der Waals surface area contributed by atoms with Gasteiger partial charge in [-0.3, -0.25) is 15.1 Å². The molecule has 1 unspecified atom stereocenters. The lowest BCUT2D eigenvalue weighted by Crippen LogP contribution is -2.50. The molecule has 5 rings (SSSR count). The van der Waals surface area contributed by atoms with Crippen LogP contribution in [-0.4, -0.2) is 22.7 Å². The van der Waals surface area contributed by atoms with Gasteiger partial charge in [-0.05, 0) is 31.0 Å². The van der Waals surface area contributed by atoms with Crippen molar-refractivity contribution in [2.45, 2.75) is 38.6 Å². The lowest BCUT2D eigenvalue weighted by atomic mass is 10.1. The Balaban J connectivity index is 1.53. The van der Waals surface area contributed by atoms with Crippen LogP contribution in [0.2, 0.25) is 0 Å². The molecule has 3 aromatic carbocycles. The summed E-state index contributed by atoms with van der Waals surface area (Å²) in [6, 6.07) is 24.0. The fraction of sp³-hybridized carbons (Fsp3) is 0.250. The van der Waals surface area contributed by atoms with E-state index < -0.39 is 6.17 Å². The van der Waals surface area contributed by atoms with Gasteiger partial charge in [0.05, 0.1) is 12.0 Å². The second-order valence-corrected chi connectivity index (χ2v) is 9.55. The highest BCUT2D eigenvalue weighted by Crippen LogP contribution is 2.35. The van der Waals surface area contributed by atoms with Crippen molar-refractivity contribution < 1.29 is 9.53 Å². The van der Waals surface area contributed by atoms with E-state index in [0.29, 0.717) is 23.2 Å². The average molecular weight is 485 g/mol. The molecule has 0 aromatic heterocycles. The minimum Gasteiger partial charge on any atom is -0.493 e. The molecule has 178 valence electrons. The van der Waals surface area contributed by atoms with Gasteiger partial charge >= 0.3 is 0 Å². The molecule has 2 aliphatic heterocycles. The predicted octanol–water partition coefficient (Wildman–Crippen LogP) is 4.25. The molecule has 0 bridgehead atoms. The summed E-state index contributed by atoms with van der Waals surface area (Å²) in [4.78, 5) is 18.4. The number of nitrogens with zero attached hydrogens (tertiary/aromatic N) is 3. The minimum atomic E-state index is -0.501. The molecule has 1 N–H and O–H groups in total. The maximum atomic E-state index is 13.4. The Morgan fingerprint density at radius 2 is 1.80 bits per heavy atom. The molecule has 1 amide bonds. The molecule has 2 heterocycles. The number of nitrogens with one attached hydrogen (secondary N) is 1. The summed E-state index contributed by atoms with van der Waals surface area (Å²) < 4.78 is 6.12. The number of unbranched alkanes of at least 4 members (excludes halogenated alkanes) is 1. The number of hydrogen-bond acceptors (Lipinski definition) is 6. The molecule has 0 spiro atoms. The number of fused-ring (bicyclic) bond motifs is 2. The van der Waals surface area contributed by atoms with Crippen LogP contribution in [0.25, 0.3) is 5.70 Å². The lowest BCUT2D eigenvalue weighted by molar-refractivity contribution is -0.116. The van der Waals surface area contributed by atoms with E-state index in [2.05, 4.69) is 43.4 Å². The first-order valence-corrected chi connectivity index (χ1v) is 12.9. The zero-order valence-electron chi connectivity index (χ0n) is 19.9. The van der Waals surface area contributed by atoms with Crippen molar-refractivity contribution in [2.75, 3.05) is 6.61 Å². The van der Waals surface area contributed by atoms with Crippen molar-refractivity contribution >= 4 is 28.5 Å². The van der Waals surface area contributed by atoms with Crippen LogP contribution in [0.4, 0.5) is 0 Å². The Hall–Kier alpha value is -3.58. The number of hydrogen-bond donors (Lipinski definition) is 1. The summed E-state index contributed by atoms with van der Waals surface area (Å²) in [7, 11) is 0. The van der Waals surface area contributed by atoms with Gasteiger partial charge in [0.25, 0.3) is 5.91 Å². The first-order valence-electron chi connectivity index (χ1n) is 11.9. The van der Waals surface area contributed by atoms with E-state index in [0.717, 1.165) is 34.7 Å². The van der Waals surface area contributed by atoms with Crippen molar-refractivity contribution in [3.63, 3.8) is 0 Å². The van der Waals surface area contributed by atoms with E-state index in [1.165, 1.54) is 22.9 Å². The first kappa shape index (κ1) is 23.2. The number of thioether (sulfide) groups is 1. The van der Waals surface area contributed by atoms with Crippen LogP contribution in [0.1, 0.15) is 42.6 Å². The Morgan fingerprint density at radius 3 is 2.63 bits per heavy atom. The molecule has 0 aliphatic carbocycles. The molecule has 35 heavy (non-hydrogen) atoms. The molecule has 2 aliphatic rings. The third-order valence-electron chi connectivity index (χ3n) is 5.96. The molecule has 0 saturated heterocycles. The van der Waals surface area contributed by atoms with Crippen LogP contribution in [-0.2, 0) is 10.5 Å². The molecule has 7 heteroatoms. The molecule has 0 radical (unpaired) electrons. The lowest BCUT2D eigenvalue weighted by Gasteiger charge is -2.34. The highest BCUT2D eigenvalue weighted by Gasteiger charge is 2.35. The molecule has 0 saturated carbocycles. The van der Waals surface area contributed by atoms with E-state index >= 15 is 0 Å². The summed E-state index contributed by atoms with van der Waals surface area (Å²) >= 11 is 1.51. The zero-order chi connectivity index (χ0) is 24.2. The highest BCUT2D eigenvalue weighted by molar-refractivity contribution is 8.13. The molecule has 0 fully saturated rings. The van der Waals surface area contributed by atoms with Crippen LogP contribution >= 0.6 is 11.8 Å². The largest absolute Gasteiger partial charge is 0.493 e. The van der Waals surface area contributed by atoms with Crippen LogP contribution in [0.15, 0.2) is 82.9 Å². The van der Waals surface area contributed by atoms with Crippen LogP contribution in [0, 0.1) is 6.92 Å². The third-order valence-corrected chi connectivity index (χ3v) is 6.90. The van der Waals surface area contributed by atoms with Gasteiger partial charge in [-0.1, -0.05) is 91.3 Å². The van der Waals surface area contributed by atoms with E-state index in [-0.39, 0.29) is 5.91 Å². The Kier molecular flexibility index (Phi) is 6.86. The van der Waals surface area contributed by atoms with Crippen molar-refractivity contribution in [3.8, 4) is 5.75 Å². The van der Waals surface area contributed by atoms with Gasteiger partial charge in [0.2, 0.25) is 0 Å². The number of rotatable bonds is 7. The van der Waals surface area contributed by atoms with E-state index in [4.69, 9.17) is 14.8 Å². The molecule has 1 atom stereocenters.